The number of rotatable bonds is 5. The molecule has 9 heteroatoms. The van der Waals surface area contributed by atoms with E-state index in [9.17, 15) is 17.2 Å². The fourth-order valence-electron chi connectivity index (χ4n) is 1.83. The number of nitrogens with two attached hydrogens (primary N) is 1. The van der Waals surface area contributed by atoms with Crippen LogP contribution in [-0.2, 0) is 16.6 Å². The lowest BCUT2D eigenvalue weighted by Crippen LogP contribution is -2.36. The summed E-state index contributed by atoms with van der Waals surface area (Å²) in [5, 5.41) is 0. The lowest BCUT2D eigenvalue weighted by molar-refractivity contribution is 0.510. The number of aromatic nitrogens is 2. The van der Waals surface area contributed by atoms with Gasteiger partial charge in [0, 0.05) is 31.0 Å². The highest BCUT2D eigenvalue weighted by Gasteiger charge is 2.23. The lowest BCUT2D eigenvalue weighted by Gasteiger charge is -2.15. The second-order valence-corrected chi connectivity index (χ2v) is 6.27. The van der Waals surface area contributed by atoms with Gasteiger partial charge in [0.05, 0.1) is 12.0 Å². The van der Waals surface area contributed by atoms with Gasteiger partial charge in [-0.25, -0.2) is 26.9 Å². The van der Waals surface area contributed by atoms with Crippen molar-refractivity contribution < 1.29 is 17.2 Å². The van der Waals surface area contributed by atoms with Crippen LogP contribution in [0, 0.1) is 11.6 Å². The molecule has 6 nitrogen and oxygen atoms in total. The number of hydrogen-bond acceptors (Lipinski definition) is 4. The molecule has 3 N–H and O–H groups in total. The predicted molar refractivity (Wildman–Crippen MR) is 72.8 cm³/mol. The number of nitrogens with one attached hydrogen (secondary N) is 1. The van der Waals surface area contributed by atoms with Crippen molar-refractivity contribution in [2.24, 2.45) is 0 Å². The maximum Gasteiger partial charge on any atom is 0.243 e. The van der Waals surface area contributed by atoms with Crippen molar-refractivity contribution in [2.75, 3.05) is 5.73 Å². The van der Waals surface area contributed by atoms with E-state index in [2.05, 4.69) is 9.71 Å². The smallest absolute Gasteiger partial charge is 0.243 e. The van der Waals surface area contributed by atoms with Gasteiger partial charge in [-0.3, -0.25) is 0 Å². The maximum absolute atomic E-state index is 13.6. The van der Waals surface area contributed by atoms with Crippen LogP contribution in [-0.4, -0.2) is 24.0 Å². The number of imidazole rings is 1. The van der Waals surface area contributed by atoms with Crippen molar-refractivity contribution in [3.63, 3.8) is 0 Å². The molecule has 2 aromatic rings. The molecule has 1 aromatic heterocycles. The quantitative estimate of drug-likeness (QED) is 0.809. The number of halogens is 2. The highest BCUT2D eigenvalue weighted by Crippen LogP contribution is 2.21. The van der Waals surface area contributed by atoms with Crippen LogP contribution < -0.4 is 10.5 Å². The molecule has 0 radical (unpaired) electrons. The molecule has 1 heterocycles. The minimum Gasteiger partial charge on any atom is -0.396 e. The first-order valence-corrected chi connectivity index (χ1v) is 7.50. The largest absolute Gasteiger partial charge is 0.396 e. The number of anilines is 1. The Kier molecular flexibility index (Phi) is 4.24. The molecular formula is C12H14F2N4O2S. The van der Waals surface area contributed by atoms with Crippen molar-refractivity contribution in [1.29, 1.82) is 0 Å². The Labute approximate surface area is 120 Å². The third-order valence-corrected chi connectivity index (χ3v) is 4.35. The zero-order valence-corrected chi connectivity index (χ0v) is 11.9. The Morgan fingerprint density at radius 1 is 1.38 bits per heavy atom. The minimum atomic E-state index is -4.14. The van der Waals surface area contributed by atoms with Crippen LogP contribution in [0.2, 0.25) is 0 Å². The number of benzene rings is 1. The number of nitrogen functional groups attached to an aromatic ring is 1. The highest BCUT2D eigenvalue weighted by molar-refractivity contribution is 7.89. The Balaban J connectivity index is 2.20. The fraction of sp³-hybridized carbons (Fsp3) is 0.250. The maximum atomic E-state index is 13.6. The summed E-state index contributed by atoms with van der Waals surface area (Å²) in [4.78, 5) is 3.15. The SMILES string of the molecule is CC(Cn1ccnc1)NS(=O)(=O)c1cc(N)c(F)cc1F. The second-order valence-electron chi connectivity index (χ2n) is 4.59. The summed E-state index contributed by atoms with van der Waals surface area (Å²) in [5.41, 5.74) is 4.85. The summed E-state index contributed by atoms with van der Waals surface area (Å²) in [7, 11) is -4.14. The Morgan fingerprint density at radius 3 is 2.71 bits per heavy atom. The molecule has 1 atom stereocenters. The molecule has 0 aliphatic heterocycles. The summed E-state index contributed by atoms with van der Waals surface area (Å²) in [6, 6.07) is 0.691. The van der Waals surface area contributed by atoms with E-state index in [1.54, 1.807) is 23.9 Å². The van der Waals surface area contributed by atoms with E-state index >= 15 is 0 Å². The summed E-state index contributed by atoms with van der Waals surface area (Å²) < 4.78 is 54.9. The molecule has 0 saturated heterocycles. The van der Waals surface area contributed by atoms with Gasteiger partial charge in [-0.15, -0.1) is 0 Å². The van der Waals surface area contributed by atoms with Gasteiger partial charge in [0.25, 0.3) is 0 Å². The van der Waals surface area contributed by atoms with Crippen LogP contribution in [0.25, 0.3) is 0 Å². The molecule has 0 bridgehead atoms. The Morgan fingerprint density at radius 2 is 2.10 bits per heavy atom. The molecule has 0 aliphatic carbocycles. The van der Waals surface area contributed by atoms with Crippen LogP contribution >= 0.6 is 0 Å². The minimum absolute atomic E-state index is 0.317. The molecule has 0 aliphatic rings. The zero-order chi connectivity index (χ0) is 15.6. The van der Waals surface area contributed by atoms with Gasteiger partial charge >= 0.3 is 0 Å². The van der Waals surface area contributed by atoms with E-state index in [1.165, 1.54) is 6.33 Å². The van der Waals surface area contributed by atoms with E-state index in [1.807, 2.05) is 0 Å². The van der Waals surface area contributed by atoms with Gasteiger partial charge in [0.2, 0.25) is 10.0 Å². The van der Waals surface area contributed by atoms with E-state index in [-0.39, 0.29) is 0 Å². The first kappa shape index (κ1) is 15.4. The number of nitrogens with zero attached hydrogens (tertiary/aromatic N) is 2. The molecule has 114 valence electrons. The van der Waals surface area contributed by atoms with Crippen LogP contribution in [0.1, 0.15) is 6.92 Å². The molecule has 1 aromatic carbocycles. The van der Waals surface area contributed by atoms with Gasteiger partial charge in [0.1, 0.15) is 16.5 Å². The zero-order valence-electron chi connectivity index (χ0n) is 11.1. The topological polar surface area (TPSA) is 90.0 Å². The Bertz CT molecular complexity index is 732. The average molecular weight is 316 g/mol. The molecule has 0 amide bonds. The first-order chi connectivity index (χ1) is 9.79. The third kappa shape index (κ3) is 3.56. The van der Waals surface area contributed by atoms with E-state index in [0.29, 0.717) is 12.6 Å². The van der Waals surface area contributed by atoms with Gasteiger partial charge < -0.3 is 10.3 Å². The van der Waals surface area contributed by atoms with Gasteiger partial charge in [-0.2, -0.15) is 0 Å². The summed E-state index contributed by atoms with van der Waals surface area (Å²) in [5.74, 6) is -2.19. The third-order valence-electron chi connectivity index (χ3n) is 2.74. The van der Waals surface area contributed by atoms with Crippen LogP contribution in [0.5, 0.6) is 0 Å². The Hall–Kier alpha value is -2.00. The normalized spacial score (nSPS) is 13.3. The van der Waals surface area contributed by atoms with Crippen molar-refractivity contribution >= 4 is 15.7 Å². The van der Waals surface area contributed by atoms with Crippen LogP contribution in [0.3, 0.4) is 0 Å². The molecule has 1 unspecified atom stereocenters. The van der Waals surface area contributed by atoms with Crippen molar-refractivity contribution in [2.45, 2.75) is 24.4 Å². The molecule has 2 rings (SSSR count). The van der Waals surface area contributed by atoms with Gasteiger partial charge in [-0.05, 0) is 13.0 Å². The standard InChI is InChI=1S/C12H14F2N4O2S/c1-8(6-18-3-2-16-7-18)17-21(19,20)12-5-11(15)9(13)4-10(12)14/h2-5,7-8,17H,6,15H2,1H3. The predicted octanol–water partition coefficient (Wildman–Crippen LogP) is 1.11. The van der Waals surface area contributed by atoms with Crippen molar-refractivity contribution in [1.82, 2.24) is 14.3 Å². The monoisotopic (exact) mass is 316 g/mol. The van der Waals surface area contributed by atoms with Crippen LogP contribution in [0.15, 0.2) is 35.7 Å². The molecule has 0 spiro atoms. The fourth-order valence-corrected chi connectivity index (χ4v) is 3.16. The molecule has 21 heavy (non-hydrogen) atoms. The molecule has 0 saturated carbocycles. The van der Waals surface area contributed by atoms with E-state index in [4.69, 9.17) is 5.73 Å². The summed E-state index contributed by atoms with van der Waals surface area (Å²) in [6.07, 6.45) is 4.75. The summed E-state index contributed by atoms with van der Waals surface area (Å²) in [6.45, 7) is 1.93. The van der Waals surface area contributed by atoms with Gasteiger partial charge in [0.15, 0.2) is 0 Å². The van der Waals surface area contributed by atoms with Crippen molar-refractivity contribution in [3.05, 3.63) is 42.5 Å². The molecule has 0 fully saturated rings. The van der Waals surface area contributed by atoms with E-state index < -0.39 is 38.3 Å². The van der Waals surface area contributed by atoms with Crippen molar-refractivity contribution in [3.8, 4) is 0 Å². The van der Waals surface area contributed by atoms with Gasteiger partial charge in [-0.1, -0.05) is 0 Å². The lowest BCUT2D eigenvalue weighted by atomic mass is 10.3. The van der Waals surface area contributed by atoms with E-state index in [0.717, 1.165) is 6.07 Å². The highest BCUT2D eigenvalue weighted by atomic mass is 32.2. The number of hydrogen-bond donors (Lipinski definition) is 2. The average Bonchev–Trinajstić information content (AvgIpc) is 2.85. The first-order valence-electron chi connectivity index (χ1n) is 6.02. The van der Waals surface area contributed by atoms with Crippen LogP contribution in [0.4, 0.5) is 14.5 Å². The summed E-state index contributed by atoms with van der Waals surface area (Å²) >= 11 is 0. The second kappa shape index (κ2) is 5.78. The molecular weight excluding hydrogens is 302 g/mol. The number of sulfonamides is 1.